The van der Waals surface area contributed by atoms with Gasteiger partial charge in [-0.3, -0.25) is 0 Å². The fourth-order valence-electron chi connectivity index (χ4n) is 4.92. The zero-order valence-electron chi connectivity index (χ0n) is 26.3. The van der Waals surface area contributed by atoms with Crippen LogP contribution in [0, 0.1) is 13.8 Å². The molecule has 2 aromatic heterocycles. The molecule has 0 spiro atoms. The van der Waals surface area contributed by atoms with Gasteiger partial charge in [0.05, 0.1) is 40.1 Å². The highest BCUT2D eigenvalue weighted by atomic mass is 32.1. The number of ether oxygens (including phenoxy) is 1. The quantitative estimate of drug-likeness (QED) is 0.0993. The molecule has 0 amide bonds. The van der Waals surface area contributed by atoms with Crippen molar-refractivity contribution in [1.82, 2.24) is 4.98 Å². The van der Waals surface area contributed by atoms with Crippen molar-refractivity contribution in [3.05, 3.63) is 89.3 Å². The molecule has 0 saturated carbocycles. The van der Waals surface area contributed by atoms with E-state index in [0.29, 0.717) is 5.13 Å². The van der Waals surface area contributed by atoms with E-state index in [1.54, 1.807) is 11.3 Å². The minimum Gasteiger partial charge on any atom is -0.494 e. The van der Waals surface area contributed by atoms with E-state index in [4.69, 9.17) is 4.74 Å². The molecule has 3 heterocycles. The number of anilines is 1. The van der Waals surface area contributed by atoms with Crippen LogP contribution in [0.25, 0.3) is 11.3 Å². The topological polar surface area (TPSA) is 99.5 Å². The van der Waals surface area contributed by atoms with Crippen LogP contribution in [0.15, 0.2) is 109 Å². The molecule has 11 heteroatoms. The molecule has 6 rings (SSSR count). The summed E-state index contributed by atoms with van der Waals surface area (Å²) < 4.78 is 5.76. The third-order valence-corrected chi connectivity index (χ3v) is 9.30. The monoisotopic (exact) mass is 648 g/mol. The Bertz CT molecular complexity index is 1850. The van der Waals surface area contributed by atoms with Crippen molar-refractivity contribution in [1.29, 1.82) is 0 Å². The second-order valence-electron chi connectivity index (χ2n) is 11.1. The van der Waals surface area contributed by atoms with Crippen molar-refractivity contribution < 1.29 is 4.74 Å². The van der Waals surface area contributed by atoms with Gasteiger partial charge in [0.15, 0.2) is 0 Å². The van der Waals surface area contributed by atoms with Gasteiger partial charge in [-0.05, 0) is 117 Å². The van der Waals surface area contributed by atoms with Crippen molar-refractivity contribution >= 4 is 60.6 Å². The number of azo groups is 3. The molecule has 0 atom stereocenters. The third-order valence-electron chi connectivity index (χ3n) is 7.55. The second-order valence-corrected chi connectivity index (χ2v) is 13.0. The molecule has 3 aromatic carbocycles. The van der Waals surface area contributed by atoms with Crippen LogP contribution in [0.2, 0.25) is 0 Å². The van der Waals surface area contributed by atoms with Gasteiger partial charge in [0.2, 0.25) is 5.13 Å². The highest BCUT2D eigenvalue weighted by Crippen LogP contribution is 2.36. The zero-order valence-corrected chi connectivity index (χ0v) is 27.9. The fourth-order valence-corrected chi connectivity index (χ4v) is 6.45. The first kappa shape index (κ1) is 31.4. The van der Waals surface area contributed by atoms with Crippen molar-refractivity contribution in [2.24, 2.45) is 30.7 Å². The Morgan fingerprint density at radius 3 is 2.11 bits per heavy atom. The number of aryl methyl sites for hydroxylation is 2. The predicted molar refractivity (Wildman–Crippen MR) is 189 cm³/mol. The summed E-state index contributed by atoms with van der Waals surface area (Å²) in [6, 6.07) is 23.7. The van der Waals surface area contributed by atoms with Crippen LogP contribution in [0.3, 0.4) is 0 Å². The molecule has 9 nitrogen and oxygen atoms in total. The highest BCUT2D eigenvalue weighted by Gasteiger charge is 2.14. The van der Waals surface area contributed by atoms with Crippen molar-refractivity contribution in [3.8, 4) is 17.0 Å². The Hall–Kier alpha value is -4.61. The average Bonchev–Trinajstić information content (AvgIpc) is 3.86. The maximum Gasteiger partial charge on any atom is 0.230 e. The molecule has 0 radical (unpaired) electrons. The van der Waals surface area contributed by atoms with Gasteiger partial charge in [0.1, 0.15) is 10.8 Å². The van der Waals surface area contributed by atoms with Gasteiger partial charge in [-0.2, -0.15) is 10.2 Å². The Morgan fingerprint density at radius 2 is 1.43 bits per heavy atom. The van der Waals surface area contributed by atoms with Gasteiger partial charge >= 0.3 is 0 Å². The molecule has 1 saturated heterocycles. The first-order valence-corrected chi connectivity index (χ1v) is 17.2. The maximum atomic E-state index is 5.76. The molecule has 0 bridgehead atoms. The molecule has 1 fully saturated rings. The van der Waals surface area contributed by atoms with Crippen LogP contribution >= 0.6 is 22.7 Å². The first-order chi connectivity index (χ1) is 22.5. The van der Waals surface area contributed by atoms with E-state index in [-0.39, 0.29) is 0 Å². The normalized spacial score (nSPS) is 13.6. The summed E-state index contributed by atoms with van der Waals surface area (Å²) in [5.41, 5.74) is 6.88. The van der Waals surface area contributed by atoms with Crippen LogP contribution in [-0.4, -0.2) is 24.7 Å². The molecule has 234 valence electrons. The van der Waals surface area contributed by atoms with Crippen molar-refractivity contribution in [3.63, 3.8) is 0 Å². The molecule has 1 aliphatic rings. The van der Waals surface area contributed by atoms with E-state index >= 15 is 0 Å². The molecule has 0 N–H and O–H groups in total. The van der Waals surface area contributed by atoms with E-state index in [1.165, 1.54) is 29.2 Å². The lowest BCUT2D eigenvalue weighted by Gasteiger charge is -2.13. The summed E-state index contributed by atoms with van der Waals surface area (Å²) in [4.78, 5) is 7.05. The Kier molecular flexibility index (Phi) is 10.3. The van der Waals surface area contributed by atoms with Crippen LogP contribution < -0.4 is 9.64 Å². The van der Waals surface area contributed by atoms with E-state index in [2.05, 4.69) is 53.6 Å². The fraction of sp³-hybridized carbons (Fsp3) is 0.286. The van der Waals surface area contributed by atoms with E-state index in [1.807, 2.05) is 86.0 Å². The number of unbranched alkanes of at least 4 members (excludes halogenated alkanes) is 1. The molecular weight excluding hydrogens is 613 g/mol. The average molecular weight is 649 g/mol. The lowest BCUT2D eigenvalue weighted by molar-refractivity contribution is 0.309. The Balaban J connectivity index is 1.05. The summed E-state index contributed by atoms with van der Waals surface area (Å²) in [5.74, 6) is 0.873. The summed E-state index contributed by atoms with van der Waals surface area (Å²) in [6.07, 6.45) is 4.69. The second kappa shape index (κ2) is 15.1. The lowest BCUT2D eigenvalue weighted by atomic mass is 10.2. The Morgan fingerprint density at radius 1 is 0.761 bits per heavy atom. The number of nitrogens with zero attached hydrogens (tertiary/aromatic N) is 8. The van der Waals surface area contributed by atoms with Gasteiger partial charge in [-0.15, -0.1) is 31.8 Å². The van der Waals surface area contributed by atoms with E-state index < -0.39 is 0 Å². The van der Waals surface area contributed by atoms with Crippen LogP contribution in [0.5, 0.6) is 5.75 Å². The summed E-state index contributed by atoms with van der Waals surface area (Å²) >= 11 is 3.14. The summed E-state index contributed by atoms with van der Waals surface area (Å²) in [6.45, 7) is 9.13. The minimum absolute atomic E-state index is 0.599. The summed E-state index contributed by atoms with van der Waals surface area (Å²) in [7, 11) is 0. The SMILES string of the molecule is CCCCOc1ccc(-c2csc(N=Nc3ccc(N=Nc4ccc(N=Nc5ccc(N6CCCC6)s5)cc4C)cc3C)n2)cc1. The molecule has 0 unspecified atom stereocenters. The van der Waals surface area contributed by atoms with Gasteiger partial charge in [0.25, 0.3) is 0 Å². The van der Waals surface area contributed by atoms with Gasteiger partial charge in [-0.1, -0.05) is 24.7 Å². The van der Waals surface area contributed by atoms with Crippen LogP contribution in [-0.2, 0) is 0 Å². The van der Waals surface area contributed by atoms with Gasteiger partial charge in [0, 0.05) is 24.0 Å². The Labute approximate surface area is 277 Å². The largest absolute Gasteiger partial charge is 0.494 e. The minimum atomic E-state index is 0.599. The highest BCUT2D eigenvalue weighted by molar-refractivity contribution is 7.19. The van der Waals surface area contributed by atoms with Crippen LogP contribution in [0.1, 0.15) is 43.7 Å². The number of benzene rings is 3. The van der Waals surface area contributed by atoms with Crippen molar-refractivity contribution in [2.75, 3.05) is 24.6 Å². The van der Waals surface area contributed by atoms with Crippen molar-refractivity contribution in [2.45, 2.75) is 46.5 Å². The number of thiophene rings is 1. The molecule has 46 heavy (non-hydrogen) atoms. The van der Waals surface area contributed by atoms with Gasteiger partial charge in [-0.25, -0.2) is 4.98 Å². The smallest absolute Gasteiger partial charge is 0.230 e. The number of hydrogen-bond donors (Lipinski definition) is 0. The lowest BCUT2D eigenvalue weighted by Crippen LogP contribution is -2.15. The van der Waals surface area contributed by atoms with Crippen LogP contribution in [0.4, 0.5) is 37.9 Å². The predicted octanol–water partition coefficient (Wildman–Crippen LogP) is 12.5. The molecule has 0 aliphatic carbocycles. The zero-order chi connectivity index (χ0) is 31.7. The van der Waals surface area contributed by atoms with E-state index in [0.717, 1.165) is 88.4 Å². The third kappa shape index (κ3) is 8.15. The standard InChI is InChI=1S/C35H36N8OS2/c1-4-5-20-44-29-12-8-26(9-13-29)32-23-45-35(36-32)42-40-31-15-10-27(21-25(31)3)37-39-30-14-11-28(22-24(30)2)38-41-33-16-17-34(46-33)43-18-6-7-19-43/h8-17,21-23H,4-7,18-20H2,1-3H3. The number of thiazole rings is 1. The van der Waals surface area contributed by atoms with Gasteiger partial charge < -0.3 is 9.64 Å². The molecular formula is C35H36N8OS2. The molecule has 5 aromatic rings. The number of aromatic nitrogens is 1. The molecule has 1 aliphatic heterocycles. The maximum absolute atomic E-state index is 5.76. The first-order valence-electron chi connectivity index (χ1n) is 15.5. The number of rotatable bonds is 12. The van der Waals surface area contributed by atoms with E-state index in [9.17, 15) is 0 Å². The summed E-state index contributed by atoms with van der Waals surface area (Å²) in [5, 5.41) is 31.4. The number of hydrogen-bond acceptors (Lipinski definition) is 11.